The Morgan fingerprint density at radius 3 is 2.88 bits per heavy atom. The monoisotopic (exact) mass is 337 g/mol. The Balaban J connectivity index is 1.36. The molecule has 1 aromatic heterocycles. The van der Waals surface area contributed by atoms with Gasteiger partial charge in [0, 0.05) is 19.1 Å². The number of imidazole rings is 1. The number of para-hydroxylation sites is 1. The van der Waals surface area contributed by atoms with Gasteiger partial charge in [-0.25, -0.2) is 4.79 Å². The highest BCUT2D eigenvalue weighted by molar-refractivity contribution is 5.79. The molecule has 0 fully saturated rings. The molecule has 25 heavy (non-hydrogen) atoms. The lowest BCUT2D eigenvalue weighted by Gasteiger charge is -2.31. The second-order valence-electron chi connectivity index (χ2n) is 6.73. The van der Waals surface area contributed by atoms with E-state index in [0.29, 0.717) is 19.3 Å². The van der Waals surface area contributed by atoms with E-state index < -0.39 is 0 Å². The number of hydrogen-bond acceptors (Lipinski definition) is 3. The van der Waals surface area contributed by atoms with Crippen molar-refractivity contribution in [3.63, 3.8) is 0 Å². The number of nitrogens with zero attached hydrogens (tertiary/aromatic N) is 2. The first kappa shape index (κ1) is 16.1. The van der Waals surface area contributed by atoms with Crippen LogP contribution in [0.15, 0.2) is 53.3 Å². The van der Waals surface area contributed by atoms with Crippen molar-refractivity contribution in [3.8, 4) is 0 Å². The predicted octanol–water partition coefficient (Wildman–Crippen LogP) is 2.40. The van der Waals surface area contributed by atoms with Crippen molar-refractivity contribution in [3.05, 3.63) is 70.1 Å². The standard InChI is InChI=1S/C20H23N3O2/c1-22(10-11-25-14-15-6-3-2-4-7-15)17-12-16-8-5-9-18-19(16)23(13-17)20(24)21-18/h2-9,17H,10-14H2,1H3,(H,21,24)/t17-/m0/s1. The van der Waals surface area contributed by atoms with Crippen LogP contribution >= 0.6 is 0 Å². The van der Waals surface area contributed by atoms with Crippen LogP contribution < -0.4 is 5.69 Å². The molecule has 0 spiro atoms. The summed E-state index contributed by atoms with van der Waals surface area (Å²) in [4.78, 5) is 17.5. The molecule has 0 aliphatic carbocycles. The Morgan fingerprint density at radius 2 is 2.04 bits per heavy atom. The third kappa shape index (κ3) is 3.25. The fourth-order valence-electron chi connectivity index (χ4n) is 3.61. The van der Waals surface area contributed by atoms with Gasteiger partial charge in [-0.3, -0.25) is 9.47 Å². The average Bonchev–Trinajstić information content (AvgIpc) is 2.97. The van der Waals surface area contributed by atoms with Crippen molar-refractivity contribution < 1.29 is 4.74 Å². The average molecular weight is 337 g/mol. The number of ether oxygens (including phenoxy) is 1. The maximum atomic E-state index is 12.2. The number of benzene rings is 2. The maximum Gasteiger partial charge on any atom is 0.326 e. The van der Waals surface area contributed by atoms with Crippen LogP contribution in [0.5, 0.6) is 0 Å². The molecule has 0 unspecified atom stereocenters. The summed E-state index contributed by atoms with van der Waals surface area (Å²) in [6, 6.07) is 16.6. The van der Waals surface area contributed by atoms with Gasteiger partial charge in [-0.2, -0.15) is 0 Å². The number of hydrogen-bond donors (Lipinski definition) is 1. The summed E-state index contributed by atoms with van der Waals surface area (Å²) < 4.78 is 7.68. The molecule has 2 heterocycles. The highest BCUT2D eigenvalue weighted by atomic mass is 16.5. The Hall–Kier alpha value is -2.37. The van der Waals surface area contributed by atoms with Gasteiger partial charge in [-0.15, -0.1) is 0 Å². The van der Waals surface area contributed by atoms with Crippen LogP contribution in [0.4, 0.5) is 0 Å². The van der Waals surface area contributed by atoms with Crippen molar-refractivity contribution in [1.29, 1.82) is 0 Å². The van der Waals surface area contributed by atoms with Crippen LogP contribution in [0.1, 0.15) is 11.1 Å². The van der Waals surface area contributed by atoms with Crippen molar-refractivity contribution >= 4 is 11.0 Å². The molecule has 0 bridgehead atoms. The molecule has 4 rings (SSSR count). The second-order valence-corrected chi connectivity index (χ2v) is 6.73. The first-order valence-corrected chi connectivity index (χ1v) is 8.74. The minimum atomic E-state index is -0.0131. The van der Waals surface area contributed by atoms with Crippen LogP contribution in [0, 0.1) is 0 Å². The van der Waals surface area contributed by atoms with Crippen LogP contribution in [-0.4, -0.2) is 40.7 Å². The number of rotatable bonds is 6. The molecule has 1 atom stereocenters. The first-order valence-electron chi connectivity index (χ1n) is 8.74. The van der Waals surface area contributed by atoms with Crippen LogP contribution in [0.2, 0.25) is 0 Å². The zero-order chi connectivity index (χ0) is 17.2. The zero-order valence-electron chi connectivity index (χ0n) is 14.4. The maximum absolute atomic E-state index is 12.2. The van der Waals surface area contributed by atoms with Crippen molar-refractivity contribution in [2.24, 2.45) is 0 Å². The molecule has 1 aliphatic rings. The lowest BCUT2D eigenvalue weighted by atomic mass is 9.99. The van der Waals surface area contributed by atoms with Gasteiger partial charge >= 0.3 is 5.69 Å². The normalized spacial score (nSPS) is 16.6. The summed E-state index contributed by atoms with van der Waals surface area (Å²) in [5.74, 6) is 0. The van der Waals surface area contributed by atoms with E-state index in [-0.39, 0.29) is 5.69 Å². The molecule has 0 radical (unpaired) electrons. The van der Waals surface area contributed by atoms with Gasteiger partial charge in [0.1, 0.15) is 0 Å². The summed E-state index contributed by atoms with van der Waals surface area (Å²) in [6.07, 6.45) is 0.962. The van der Waals surface area contributed by atoms with E-state index in [1.807, 2.05) is 34.9 Å². The van der Waals surface area contributed by atoms with Crippen LogP contribution in [0.3, 0.4) is 0 Å². The van der Waals surface area contributed by atoms with Gasteiger partial charge in [-0.1, -0.05) is 42.5 Å². The summed E-state index contributed by atoms with van der Waals surface area (Å²) in [7, 11) is 2.11. The molecular formula is C20H23N3O2. The van der Waals surface area contributed by atoms with Crippen molar-refractivity contribution in [1.82, 2.24) is 14.5 Å². The molecule has 3 aromatic rings. The van der Waals surface area contributed by atoms with Crippen molar-refractivity contribution in [2.75, 3.05) is 20.2 Å². The highest BCUT2D eigenvalue weighted by Gasteiger charge is 2.25. The number of likely N-dealkylation sites (N-methyl/N-ethyl adjacent to an activating group) is 1. The lowest BCUT2D eigenvalue weighted by Crippen LogP contribution is -2.42. The van der Waals surface area contributed by atoms with Gasteiger partial charge in [0.2, 0.25) is 0 Å². The molecule has 0 saturated heterocycles. The summed E-state index contributed by atoms with van der Waals surface area (Å²) >= 11 is 0. The Morgan fingerprint density at radius 1 is 1.20 bits per heavy atom. The largest absolute Gasteiger partial charge is 0.375 e. The number of aromatic amines is 1. The Labute approximate surface area is 146 Å². The molecule has 130 valence electrons. The van der Waals surface area contributed by atoms with Gasteiger partial charge in [-0.05, 0) is 30.7 Å². The van der Waals surface area contributed by atoms with E-state index >= 15 is 0 Å². The fourth-order valence-corrected chi connectivity index (χ4v) is 3.61. The van der Waals surface area contributed by atoms with Crippen LogP contribution in [-0.2, 0) is 24.3 Å². The van der Waals surface area contributed by atoms with E-state index in [9.17, 15) is 4.79 Å². The van der Waals surface area contributed by atoms with E-state index in [1.54, 1.807) is 0 Å². The third-order valence-corrected chi connectivity index (χ3v) is 5.05. The SMILES string of the molecule is CN(CCOCc1ccccc1)[C@H]1Cc2cccc3[nH]c(=O)n(c23)C1. The van der Waals surface area contributed by atoms with Gasteiger partial charge in [0.15, 0.2) is 0 Å². The highest BCUT2D eigenvalue weighted by Crippen LogP contribution is 2.24. The Bertz CT molecular complexity index is 914. The number of aromatic nitrogens is 2. The zero-order valence-corrected chi connectivity index (χ0v) is 14.4. The van der Waals surface area contributed by atoms with Crippen LogP contribution in [0.25, 0.3) is 11.0 Å². The predicted molar refractivity (Wildman–Crippen MR) is 98.8 cm³/mol. The summed E-state index contributed by atoms with van der Waals surface area (Å²) in [6.45, 7) is 2.90. The number of nitrogens with one attached hydrogen (secondary N) is 1. The second kappa shape index (κ2) is 6.86. The topological polar surface area (TPSA) is 50.3 Å². The fraction of sp³-hybridized carbons (Fsp3) is 0.350. The summed E-state index contributed by atoms with van der Waals surface area (Å²) in [5.41, 5.74) is 4.43. The molecular weight excluding hydrogens is 314 g/mol. The van der Waals surface area contributed by atoms with E-state index in [4.69, 9.17) is 4.74 Å². The van der Waals surface area contributed by atoms with Gasteiger partial charge < -0.3 is 9.72 Å². The molecule has 1 aliphatic heterocycles. The minimum absolute atomic E-state index is 0.0131. The first-order chi connectivity index (χ1) is 12.2. The summed E-state index contributed by atoms with van der Waals surface area (Å²) in [5, 5.41) is 0. The van der Waals surface area contributed by atoms with Crippen molar-refractivity contribution in [2.45, 2.75) is 25.6 Å². The quantitative estimate of drug-likeness (QED) is 0.703. The molecule has 5 nitrogen and oxygen atoms in total. The smallest absolute Gasteiger partial charge is 0.326 e. The van der Waals surface area contributed by atoms with E-state index in [1.165, 1.54) is 11.1 Å². The Kier molecular flexibility index (Phi) is 4.42. The van der Waals surface area contributed by atoms with Gasteiger partial charge in [0.05, 0.1) is 24.2 Å². The third-order valence-electron chi connectivity index (χ3n) is 5.05. The minimum Gasteiger partial charge on any atom is -0.375 e. The van der Waals surface area contributed by atoms with E-state index in [0.717, 1.165) is 30.5 Å². The molecule has 5 heteroatoms. The molecule has 1 N–H and O–H groups in total. The molecule has 0 amide bonds. The molecule has 2 aromatic carbocycles. The van der Waals surface area contributed by atoms with E-state index in [2.05, 4.69) is 35.1 Å². The lowest BCUT2D eigenvalue weighted by molar-refractivity contribution is 0.0839. The number of H-pyrrole nitrogens is 1. The molecule has 0 saturated carbocycles. The van der Waals surface area contributed by atoms with Gasteiger partial charge in [0.25, 0.3) is 0 Å².